The van der Waals surface area contributed by atoms with Crippen LogP contribution >= 0.6 is 11.6 Å². The zero-order valence-electron chi connectivity index (χ0n) is 18.6. The van der Waals surface area contributed by atoms with E-state index < -0.39 is 11.9 Å². The number of aryl methyl sites for hydroxylation is 1. The Morgan fingerprint density at radius 1 is 1.18 bits per heavy atom. The van der Waals surface area contributed by atoms with Gasteiger partial charge in [-0.05, 0) is 55.0 Å². The van der Waals surface area contributed by atoms with Gasteiger partial charge in [-0.25, -0.2) is 4.79 Å². The monoisotopic (exact) mass is 469 g/mol. The third-order valence-corrected chi connectivity index (χ3v) is 7.02. The van der Waals surface area contributed by atoms with Crippen LogP contribution in [0.4, 0.5) is 10.5 Å². The lowest BCUT2D eigenvalue weighted by atomic mass is 9.94. The summed E-state index contributed by atoms with van der Waals surface area (Å²) in [5.74, 6) is -1.92. The highest BCUT2D eigenvalue weighted by Crippen LogP contribution is 2.28. The molecule has 0 aromatic heterocycles. The number of anilines is 1. The molecule has 2 aliphatic heterocycles. The Labute approximate surface area is 198 Å². The van der Waals surface area contributed by atoms with Crippen LogP contribution in [0.25, 0.3) is 0 Å². The van der Waals surface area contributed by atoms with E-state index >= 15 is 0 Å². The van der Waals surface area contributed by atoms with Crippen LogP contribution in [0.2, 0.25) is 5.02 Å². The van der Waals surface area contributed by atoms with E-state index in [1.165, 1.54) is 0 Å². The molecule has 2 aliphatic rings. The summed E-state index contributed by atoms with van der Waals surface area (Å²) in [7, 11) is 0. The first-order chi connectivity index (χ1) is 15.8. The molecule has 0 bridgehead atoms. The number of carbonyl (C=O) groups is 3. The number of hydrogen-bond donors (Lipinski definition) is 2. The fraction of sp³-hybridized carbons (Fsp3) is 0.400. The molecule has 2 N–H and O–H groups in total. The van der Waals surface area contributed by atoms with Gasteiger partial charge in [0, 0.05) is 42.8 Å². The predicted octanol–water partition coefficient (Wildman–Crippen LogP) is 4.32. The van der Waals surface area contributed by atoms with Crippen LogP contribution in [0.1, 0.15) is 36.0 Å². The van der Waals surface area contributed by atoms with Gasteiger partial charge in [0.15, 0.2) is 0 Å². The van der Waals surface area contributed by atoms with Crippen molar-refractivity contribution < 1.29 is 19.5 Å². The molecule has 0 spiro atoms. The van der Waals surface area contributed by atoms with Crippen molar-refractivity contribution in [2.45, 2.75) is 45.2 Å². The highest BCUT2D eigenvalue weighted by molar-refractivity contribution is 6.31. The Balaban J connectivity index is 1.33. The highest BCUT2D eigenvalue weighted by Gasteiger charge is 2.33. The second kappa shape index (κ2) is 9.83. The fourth-order valence-corrected chi connectivity index (χ4v) is 4.77. The minimum absolute atomic E-state index is 0.0424. The molecule has 8 heteroatoms. The van der Waals surface area contributed by atoms with Crippen molar-refractivity contribution in [2.75, 3.05) is 18.4 Å². The first-order valence-electron chi connectivity index (χ1n) is 11.2. The largest absolute Gasteiger partial charge is 0.481 e. The van der Waals surface area contributed by atoms with Crippen LogP contribution in [0.5, 0.6) is 0 Å². The highest BCUT2D eigenvalue weighted by atomic mass is 35.5. The number of halogens is 1. The SMILES string of the molecule is Cc1cc(CC(CC(=O)N2CCC(N3Cc4ccccc4NC3=O)CC2)C(=O)O)ccc1Cl. The zero-order valence-corrected chi connectivity index (χ0v) is 19.3. The molecule has 2 heterocycles. The normalized spacial score (nSPS) is 17.3. The van der Waals surface area contributed by atoms with Crippen LogP contribution in [0.15, 0.2) is 42.5 Å². The Bertz CT molecular complexity index is 1070. The van der Waals surface area contributed by atoms with Crippen LogP contribution in [-0.4, -0.2) is 51.9 Å². The molecule has 1 saturated heterocycles. The number of likely N-dealkylation sites (tertiary alicyclic amines) is 1. The number of amides is 3. The molecule has 0 aliphatic carbocycles. The average Bonchev–Trinajstić information content (AvgIpc) is 2.80. The van der Waals surface area contributed by atoms with Gasteiger partial charge in [-0.1, -0.05) is 41.9 Å². The molecule has 0 saturated carbocycles. The number of nitrogens with zero attached hydrogens (tertiary/aromatic N) is 2. The Hall–Kier alpha value is -3.06. The van der Waals surface area contributed by atoms with Crippen molar-refractivity contribution in [1.82, 2.24) is 9.80 Å². The number of fused-ring (bicyclic) bond motifs is 1. The average molecular weight is 470 g/mol. The predicted molar refractivity (Wildman–Crippen MR) is 126 cm³/mol. The first-order valence-corrected chi connectivity index (χ1v) is 11.6. The molecule has 2 aromatic rings. The van der Waals surface area contributed by atoms with Crippen LogP contribution < -0.4 is 5.32 Å². The number of hydrogen-bond acceptors (Lipinski definition) is 3. The lowest BCUT2D eigenvalue weighted by Crippen LogP contribution is -2.51. The van der Waals surface area contributed by atoms with E-state index in [0.717, 1.165) is 22.4 Å². The van der Waals surface area contributed by atoms with Crippen molar-refractivity contribution in [2.24, 2.45) is 5.92 Å². The number of benzene rings is 2. The van der Waals surface area contributed by atoms with Gasteiger partial charge >= 0.3 is 12.0 Å². The first kappa shape index (κ1) is 23.1. The van der Waals surface area contributed by atoms with E-state index in [4.69, 9.17) is 11.6 Å². The molecule has 7 nitrogen and oxygen atoms in total. The van der Waals surface area contributed by atoms with Crippen molar-refractivity contribution in [3.63, 3.8) is 0 Å². The van der Waals surface area contributed by atoms with E-state index in [9.17, 15) is 19.5 Å². The van der Waals surface area contributed by atoms with Crippen molar-refractivity contribution in [1.29, 1.82) is 0 Å². The van der Waals surface area contributed by atoms with Gasteiger partial charge < -0.3 is 20.2 Å². The zero-order chi connectivity index (χ0) is 23.5. The van der Waals surface area contributed by atoms with Gasteiger partial charge in [-0.2, -0.15) is 0 Å². The third-order valence-electron chi connectivity index (χ3n) is 6.59. The summed E-state index contributed by atoms with van der Waals surface area (Å²) in [4.78, 5) is 40.8. The maximum atomic E-state index is 12.9. The fourth-order valence-electron chi connectivity index (χ4n) is 4.65. The number of carboxylic acid groups (broad SMARTS) is 1. The van der Waals surface area contributed by atoms with Crippen LogP contribution in [-0.2, 0) is 22.6 Å². The molecular formula is C25H28ClN3O4. The Morgan fingerprint density at radius 3 is 2.61 bits per heavy atom. The summed E-state index contributed by atoms with van der Waals surface area (Å²) >= 11 is 6.06. The minimum Gasteiger partial charge on any atom is -0.481 e. The minimum atomic E-state index is -0.977. The quantitative estimate of drug-likeness (QED) is 0.659. The van der Waals surface area contributed by atoms with Gasteiger partial charge in [0.2, 0.25) is 5.91 Å². The molecule has 1 fully saturated rings. The van der Waals surface area contributed by atoms with E-state index in [0.29, 0.717) is 37.5 Å². The molecular weight excluding hydrogens is 442 g/mol. The van der Waals surface area contributed by atoms with Crippen molar-refractivity contribution in [3.8, 4) is 0 Å². The smallest absolute Gasteiger partial charge is 0.322 e. The maximum absolute atomic E-state index is 12.9. The molecule has 2 aromatic carbocycles. The Kier molecular flexibility index (Phi) is 6.88. The standard InChI is InChI=1S/C25H28ClN3O4/c1-16-12-17(6-7-21(16)26)13-19(24(31)32)14-23(30)28-10-8-20(9-11-28)29-15-18-4-2-3-5-22(18)27-25(29)33/h2-7,12,19-20H,8-11,13-15H2,1H3,(H,27,33)(H,31,32). The molecule has 3 amide bonds. The molecule has 33 heavy (non-hydrogen) atoms. The second-order valence-electron chi connectivity index (χ2n) is 8.85. The number of aliphatic carboxylic acids is 1. The molecule has 1 atom stereocenters. The van der Waals surface area contributed by atoms with Crippen LogP contribution in [0, 0.1) is 12.8 Å². The maximum Gasteiger partial charge on any atom is 0.322 e. The summed E-state index contributed by atoms with van der Waals surface area (Å²) in [6.07, 6.45) is 1.59. The van der Waals surface area contributed by atoms with Gasteiger partial charge in [-0.3, -0.25) is 9.59 Å². The molecule has 0 radical (unpaired) electrons. The number of rotatable bonds is 6. The lowest BCUT2D eigenvalue weighted by molar-refractivity contribution is -0.146. The summed E-state index contributed by atoms with van der Waals surface area (Å²) in [5, 5.41) is 13.3. The molecule has 1 unspecified atom stereocenters. The third kappa shape index (κ3) is 5.30. The summed E-state index contributed by atoms with van der Waals surface area (Å²) in [6.45, 7) is 3.46. The molecule has 174 valence electrons. The van der Waals surface area contributed by atoms with Gasteiger partial charge in [0.05, 0.1) is 5.92 Å². The Morgan fingerprint density at radius 2 is 1.91 bits per heavy atom. The van der Waals surface area contributed by atoms with Gasteiger partial charge in [0.25, 0.3) is 0 Å². The lowest BCUT2D eigenvalue weighted by Gasteiger charge is -2.40. The number of nitrogens with one attached hydrogen (secondary N) is 1. The van der Waals surface area contributed by atoms with E-state index in [2.05, 4.69) is 5.32 Å². The molecule has 4 rings (SSSR count). The van der Waals surface area contributed by atoms with Gasteiger partial charge in [-0.15, -0.1) is 0 Å². The van der Waals surface area contributed by atoms with Gasteiger partial charge in [0.1, 0.15) is 0 Å². The number of para-hydroxylation sites is 1. The van der Waals surface area contributed by atoms with Crippen molar-refractivity contribution in [3.05, 3.63) is 64.2 Å². The van der Waals surface area contributed by atoms with E-state index in [1.807, 2.05) is 48.2 Å². The number of carbonyl (C=O) groups excluding carboxylic acids is 2. The number of carboxylic acids is 1. The van der Waals surface area contributed by atoms with Crippen LogP contribution in [0.3, 0.4) is 0 Å². The second-order valence-corrected chi connectivity index (χ2v) is 9.26. The summed E-state index contributed by atoms with van der Waals surface area (Å²) in [6, 6.07) is 13.1. The van der Waals surface area contributed by atoms with Crippen molar-refractivity contribution >= 4 is 35.2 Å². The van der Waals surface area contributed by atoms with E-state index in [1.54, 1.807) is 11.0 Å². The topological polar surface area (TPSA) is 90.0 Å². The summed E-state index contributed by atoms with van der Waals surface area (Å²) in [5.41, 5.74) is 3.67. The summed E-state index contributed by atoms with van der Waals surface area (Å²) < 4.78 is 0. The number of piperidine rings is 1. The number of urea groups is 1. The van der Waals surface area contributed by atoms with E-state index in [-0.39, 0.29) is 30.8 Å².